The molecule has 1 unspecified atom stereocenters. The van der Waals surface area contributed by atoms with E-state index in [0.717, 1.165) is 70.8 Å². The van der Waals surface area contributed by atoms with Gasteiger partial charge in [-0.05, 0) is 63.6 Å². The molecule has 2 aromatic carbocycles. The van der Waals surface area contributed by atoms with Gasteiger partial charge in [0.05, 0.1) is 40.7 Å². The molecule has 8 rings (SSSR count). The van der Waals surface area contributed by atoms with E-state index in [1.807, 2.05) is 80.7 Å². The number of imidazole rings is 1. The van der Waals surface area contributed by atoms with Crippen LogP contribution in [0.1, 0.15) is 46.0 Å². The quantitative estimate of drug-likeness (QED) is 0.247. The number of carbonyl (C=O) groups excluding carboxylic acids is 1. The zero-order valence-corrected chi connectivity index (χ0v) is 26.1. The number of pyridine rings is 1. The molecule has 1 amide bonds. The molecule has 13 nitrogen and oxygen atoms in total. The molecule has 0 bridgehead atoms. The lowest BCUT2D eigenvalue weighted by atomic mass is 10.0. The minimum absolute atomic E-state index is 0.00977. The average molecular weight is 628 g/mol. The Bertz CT molecular complexity index is 2180. The summed E-state index contributed by atoms with van der Waals surface area (Å²) in [5.74, 6) is 1.80. The molecular formula is C34H33N11O2. The number of rotatable bonds is 8. The van der Waals surface area contributed by atoms with E-state index in [0.29, 0.717) is 36.1 Å². The van der Waals surface area contributed by atoms with Crippen LogP contribution in [0.15, 0.2) is 77.5 Å². The largest absolute Gasteiger partial charge is 0.441 e. The Balaban J connectivity index is 0.905. The van der Waals surface area contributed by atoms with E-state index in [1.165, 1.54) is 0 Å². The lowest BCUT2D eigenvalue weighted by molar-refractivity contribution is 0.0900. The lowest BCUT2D eigenvalue weighted by Gasteiger charge is -2.32. The van der Waals surface area contributed by atoms with E-state index >= 15 is 0 Å². The van der Waals surface area contributed by atoms with Gasteiger partial charge < -0.3 is 14.7 Å². The predicted molar refractivity (Wildman–Crippen MR) is 175 cm³/mol. The molecular weight excluding hydrogens is 594 g/mol. The maximum atomic E-state index is 13.4. The number of likely N-dealkylation sites (tertiary alicyclic amines) is 1. The first-order valence-electron chi connectivity index (χ1n) is 15.7. The number of carbonyl (C=O) groups is 1. The summed E-state index contributed by atoms with van der Waals surface area (Å²) in [6.45, 7) is 6.60. The number of hydrogen-bond acceptors (Lipinski definition) is 9. The maximum Gasteiger partial charge on any atom is 0.253 e. The summed E-state index contributed by atoms with van der Waals surface area (Å²) in [5.41, 5.74) is 6.33. The summed E-state index contributed by atoms with van der Waals surface area (Å²) in [6.07, 6.45) is 5.44. The first-order valence-corrected chi connectivity index (χ1v) is 15.7. The van der Waals surface area contributed by atoms with E-state index in [2.05, 4.69) is 45.6 Å². The Kier molecular flexibility index (Phi) is 7.29. The van der Waals surface area contributed by atoms with Gasteiger partial charge in [-0.3, -0.25) is 9.69 Å². The minimum atomic E-state index is -0.147. The standard InChI is InChI=1S/C34H33N11O2/c1-21-27-15-24(16-35-31(27)45(41-21)34-38-28-12-6-7-13-29(28)39-34)32(46)36-25-11-8-14-43(17-25)18-26-19-44(42-40-26)20-30-22(2)47-33(37-30)23-9-4-3-5-10-23/h3-7,9-10,12-13,15-16,19,25H,8,11,14,17-18,20H2,1-2H3,(H,36,46)(H,38,39). The molecule has 0 saturated carbocycles. The second-order valence-electron chi connectivity index (χ2n) is 12.0. The van der Waals surface area contributed by atoms with Crippen molar-refractivity contribution in [2.75, 3.05) is 13.1 Å². The van der Waals surface area contributed by atoms with Crippen LogP contribution in [0.2, 0.25) is 0 Å². The van der Waals surface area contributed by atoms with Crippen molar-refractivity contribution in [3.05, 3.63) is 101 Å². The number of benzene rings is 2. The summed E-state index contributed by atoms with van der Waals surface area (Å²) in [4.78, 5) is 33.0. The van der Waals surface area contributed by atoms with Gasteiger partial charge >= 0.3 is 0 Å². The van der Waals surface area contributed by atoms with Gasteiger partial charge in [0.2, 0.25) is 11.8 Å². The van der Waals surface area contributed by atoms with Gasteiger partial charge in [-0.25, -0.2) is 19.6 Å². The second-order valence-corrected chi connectivity index (χ2v) is 12.0. The van der Waals surface area contributed by atoms with Crippen molar-refractivity contribution in [2.24, 2.45) is 0 Å². The Labute approximate surface area is 269 Å². The van der Waals surface area contributed by atoms with Crippen LogP contribution in [0.5, 0.6) is 0 Å². The highest BCUT2D eigenvalue weighted by Crippen LogP contribution is 2.24. The fourth-order valence-electron chi connectivity index (χ4n) is 6.19. The summed E-state index contributed by atoms with van der Waals surface area (Å²) < 4.78 is 9.39. The number of amides is 1. The summed E-state index contributed by atoms with van der Waals surface area (Å²) in [6, 6.07) is 19.5. The summed E-state index contributed by atoms with van der Waals surface area (Å²) >= 11 is 0. The molecule has 0 aliphatic carbocycles. The Morgan fingerprint density at radius 2 is 1.91 bits per heavy atom. The van der Waals surface area contributed by atoms with Crippen molar-refractivity contribution < 1.29 is 9.21 Å². The Morgan fingerprint density at radius 3 is 2.79 bits per heavy atom. The first-order chi connectivity index (χ1) is 23.0. The van der Waals surface area contributed by atoms with Crippen molar-refractivity contribution in [3.63, 3.8) is 0 Å². The van der Waals surface area contributed by atoms with Gasteiger partial charge in [0.1, 0.15) is 11.5 Å². The molecule has 1 aliphatic heterocycles. The normalized spacial score (nSPS) is 15.5. The van der Waals surface area contributed by atoms with Crippen LogP contribution in [-0.2, 0) is 13.1 Å². The molecule has 0 spiro atoms. The molecule has 13 heteroatoms. The predicted octanol–water partition coefficient (Wildman–Crippen LogP) is 4.60. The van der Waals surface area contributed by atoms with Gasteiger partial charge in [-0.15, -0.1) is 5.10 Å². The third kappa shape index (κ3) is 5.76. The number of nitrogens with one attached hydrogen (secondary N) is 2. The molecule has 236 valence electrons. The van der Waals surface area contributed by atoms with E-state index in [1.54, 1.807) is 15.6 Å². The third-order valence-corrected chi connectivity index (χ3v) is 8.58. The Hall–Kier alpha value is -5.69. The molecule has 2 N–H and O–H groups in total. The molecule has 7 aromatic rings. The number of aromatic amines is 1. The average Bonchev–Trinajstić information content (AvgIpc) is 3.88. The van der Waals surface area contributed by atoms with Crippen LogP contribution < -0.4 is 5.32 Å². The first kappa shape index (κ1) is 28.8. The number of oxazole rings is 1. The topological polar surface area (TPSA) is 148 Å². The number of aromatic nitrogens is 9. The Morgan fingerprint density at radius 1 is 1.06 bits per heavy atom. The van der Waals surface area contributed by atoms with Gasteiger partial charge in [0.25, 0.3) is 5.91 Å². The molecule has 47 heavy (non-hydrogen) atoms. The molecule has 1 atom stereocenters. The monoisotopic (exact) mass is 627 g/mol. The smallest absolute Gasteiger partial charge is 0.253 e. The number of nitrogens with zero attached hydrogens (tertiary/aromatic N) is 9. The van der Waals surface area contributed by atoms with E-state index < -0.39 is 0 Å². The van der Waals surface area contributed by atoms with E-state index in [9.17, 15) is 4.79 Å². The summed E-state index contributed by atoms with van der Waals surface area (Å²) in [7, 11) is 0. The lowest BCUT2D eigenvalue weighted by Crippen LogP contribution is -2.47. The molecule has 6 heterocycles. The number of para-hydroxylation sites is 2. The van der Waals surface area contributed by atoms with Gasteiger partial charge in [-0.2, -0.15) is 9.78 Å². The molecule has 1 saturated heterocycles. The SMILES string of the molecule is Cc1oc(-c2ccccc2)nc1Cn1cc(CN2CCCC(NC(=O)c3cnc4c(c3)c(C)nn4-c3nc4ccccc4[nH]3)C2)nn1. The van der Waals surface area contributed by atoms with Gasteiger partial charge in [0, 0.05) is 36.3 Å². The van der Waals surface area contributed by atoms with Crippen molar-refractivity contribution in [3.8, 4) is 17.4 Å². The second kappa shape index (κ2) is 11.9. The number of H-pyrrole nitrogens is 1. The van der Waals surface area contributed by atoms with Crippen molar-refractivity contribution >= 4 is 28.0 Å². The van der Waals surface area contributed by atoms with Crippen LogP contribution in [0.25, 0.3) is 39.5 Å². The highest BCUT2D eigenvalue weighted by Gasteiger charge is 2.24. The van der Waals surface area contributed by atoms with E-state index in [4.69, 9.17) is 4.42 Å². The summed E-state index contributed by atoms with van der Waals surface area (Å²) in [5, 5.41) is 17.4. The van der Waals surface area contributed by atoms with E-state index in [-0.39, 0.29) is 11.9 Å². The number of hydrogen-bond donors (Lipinski definition) is 2. The van der Waals surface area contributed by atoms with Crippen LogP contribution in [0, 0.1) is 13.8 Å². The highest BCUT2D eigenvalue weighted by atomic mass is 16.4. The minimum Gasteiger partial charge on any atom is -0.441 e. The van der Waals surface area contributed by atoms with Crippen molar-refractivity contribution in [1.82, 2.24) is 54.9 Å². The number of fused-ring (bicyclic) bond motifs is 2. The number of piperidine rings is 1. The molecule has 5 aromatic heterocycles. The molecule has 0 radical (unpaired) electrons. The molecule has 1 fully saturated rings. The zero-order valence-electron chi connectivity index (χ0n) is 26.1. The van der Waals surface area contributed by atoms with Crippen LogP contribution in [-0.4, -0.2) is 74.6 Å². The maximum absolute atomic E-state index is 13.4. The van der Waals surface area contributed by atoms with Crippen molar-refractivity contribution in [1.29, 1.82) is 0 Å². The van der Waals surface area contributed by atoms with Gasteiger partial charge in [-0.1, -0.05) is 35.5 Å². The fourth-order valence-corrected chi connectivity index (χ4v) is 6.19. The van der Waals surface area contributed by atoms with Crippen LogP contribution in [0.4, 0.5) is 0 Å². The zero-order chi connectivity index (χ0) is 31.9. The third-order valence-electron chi connectivity index (χ3n) is 8.58. The highest BCUT2D eigenvalue weighted by molar-refractivity contribution is 5.97. The number of aryl methyl sites for hydroxylation is 2. The molecule has 1 aliphatic rings. The van der Waals surface area contributed by atoms with Gasteiger partial charge in [0.15, 0.2) is 5.65 Å². The fraction of sp³-hybridized carbons (Fsp3) is 0.265. The van der Waals surface area contributed by atoms with Crippen LogP contribution in [0.3, 0.4) is 0 Å². The van der Waals surface area contributed by atoms with Crippen LogP contribution >= 0.6 is 0 Å². The van der Waals surface area contributed by atoms with Crippen molar-refractivity contribution in [2.45, 2.75) is 45.8 Å².